The highest BCUT2D eigenvalue weighted by Crippen LogP contribution is 2.28. The van der Waals surface area contributed by atoms with Crippen LogP contribution in [0.4, 0.5) is 0 Å². The van der Waals surface area contributed by atoms with Gasteiger partial charge in [-0.15, -0.1) is 0 Å². The van der Waals surface area contributed by atoms with Crippen LogP contribution in [-0.2, 0) is 12.8 Å². The molecule has 0 aliphatic carbocycles. The summed E-state index contributed by atoms with van der Waals surface area (Å²) in [6.45, 7) is 0.624. The van der Waals surface area contributed by atoms with Crippen molar-refractivity contribution in [1.82, 2.24) is 0 Å². The number of ether oxygens (including phenoxy) is 2. The Hall–Kier alpha value is -3.27. The molecule has 4 nitrogen and oxygen atoms in total. The molecule has 0 unspecified atom stereocenters. The van der Waals surface area contributed by atoms with Crippen LogP contribution >= 0.6 is 0 Å². The molecule has 0 amide bonds. The van der Waals surface area contributed by atoms with Gasteiger partial charge in [0.2, 0.25) is 0 Å². The molecule has 3 aromatic rings. The highest BCUT2D eigenvalue weighted by molar-refractivity contribution is 5.87. The summed E-state index contributed by atoms with van der Waals surface area (Å²) in [4.78, 5) is 4.71. The number of hydrogen-bond acceptors (Lipinski definition) is 3. The number of amidine groups is 1. The lowest BCUT2D eigenvalue weighted by Crippen LogP contribution is -2.24. The first kappa shape index (κ1) is 20.5. The van der Waals surface area contributed by atoms with Gasteiger partial charge in [0.15, 0.2) is 11.5 Å². The fourth-order valence-electron chi connectivity index (χ4n) is 3.39. The number of nitrogens with two attached hydrogens (primary N) is 1. The summed E-state index contributed by atoms with van der Waals surface area (Å²) in [5.74, 6) is 2.18. The van der Waals surface area contributed by atoms with E-state index < -0.39 is 0 Å². The molecular weight excluding hydrogens is 360 g/mol. The van der Waals surface area contributed by atoms with Crippen LogP contribution in [0.5, 0.6) is 11.5 Å². The molecule has 0 heterocycles. The SMILES string of the molecule is COc1ccc(CCN=C(N)[C@@H](Cc2ccccc2)c2ccccc2)cc1OC. The maximum atomic E-state index is 6.47. The second-order valence-corrected chi connectivity index (χ2v) is 6.90. The van der Waals surface area contributed by atoms with Gasteiger partial charge >= 0.3 is 0 Å². The molecule has 3 rings (SSSR count). The van der Waals surface area contributed by atoms with Crippen molar-refractivity contribution in [1.29, 1.82) is 0 Å². The van der Waals surface area contributed by atoms with Gasteiger partial charge in [0, 0.05) is 12.5 Å². The largest absolute Gasteiger partial charge is 0.493 e. The molecule has 0 radical (unpaired) electrons. The predicted molar refractivity (Wildman–Crippen MR) is 119 cm³/mol. The number of aliphatic imine (C=N–C) groups is 1. The van der Waals surface area contributed by atoms with E-state index in [2.05, 4.69) is 36.4 Å². The Labute approximate surface area is 173 Å². The number of methoxy groups -OCH3 is 2. The third kappa shape index (κ3) is 5.61. The van der Waals surface area contributed by atoms with Crippen LogP contribution in [0.25, 0.3) is 0 Å². The topological polar surface area (TPSA) is 56.8 Å². The van der Waals surface area contributed by atoms with Crippen LogP contribution in [0.1, 0.15) is 22.6 Å². The molecule has 0 saturated heterocycles. The lowest BCUT2D eigenvalue weighted by atomic mass is 9.91. The summed E-state index contributed by atoms with van der Waals surface area (Å²) in [5, 5.41) is 0. The Morgan fingerprint density at radius 1 is 0.828 bits per heavy atom. The Bertz CT molecular complexity index is 924. The van der Waals surface area contributed by atoms with Crippen LogP contribution in [0, 0.1) is 0 Å². The van der Waals surface area contributed by atoms with E-state index in [1.165, 1.54) is 11.1 Å². The second kappa shape index (κ2) is 10.3. The second-order valence-electron chi connectivity index (χ2n) is 6.90. The van der Waals surface area contributed by atoms with Crippen molar-refractivity contribution in [2.45, 2.75) is 18.8 Å². The highest BCUT2D eigenvalue weighted by atomic mass is 16.5. The molecular formula is C25H28N2O2. The quantitative estimate of drug-likeness (QED) is 0.429. The van der Waals surface area contributed by atoms with E-state index >= 15 is 0 Å². The standard InChI is InChI=1S/C25H28N2O2/c1-28-23-14-13-20(18-24(23)29-2)15-16-27-25(26)22(21-11-7-4-8-12-21)17-19-9-5-3-6-10-19/h3-14,18,22H,15-17H2,1-2H3,(H2,26,27)/t22-/m0/s1. The summed E-state index contributed by atoms with van der Waals surface area (Å²) in [5.41, 5.74) is 10.0. The molecule has 0 fully saturated rings. The van der Waals surface area contributed by atoms with Gasteiger partial charge in [-0.05, 0) is 41.7 Å². The van der Waals surface area contributed by atoms with Crippen molar-refractivity contribution >= 4 is 5.84 Å². The number of rotatable bonds is 9. The lowest BCUT2D eigenvalue weighted by molar-refractivity contribution is 0.354. The fraction of sp³-hybridized carbons (Fsp3) is 0.240. The molecule has 2 N–H and O–H groups in total. The Morgan fingerprint density at radius 2 is 1.48 bits per heavy atom. The van der Waals surface area contributed by atoms with Crippen molar-refractivity contribution in [3.63, 3.8) is 0 Å². The molecule has 0 aliphatic heterocycles. The minimum atomic E-state index is 0.0593. The van der Waals surface area contributed by atoms with Gasteiger partial charge in [-0.1, -0.05) is 66.7 Å². The zero-order valence-electron chi connectivity index (χ0n) is 17.0. The Balaban J connectivity index is 1.73. The van der Waals surface area contributed by atoms with Crippen LogP contribution in [-0.4, -0.2) is 26.6 Å². The monoisotopic (exact) mass is 388 g/mol. The van der Waals surface area contributed by atoms with Crippen molar-refractivity contribution in [3.8, 4) is 11.5 Å². The Kier molecular flexibility index (Phi) is 7.28. The maximum absolute atomic E-state index is 6.47. The van der Waals surface area contributed by atoms with Crippen molar-refractivity contribution < 1.29 is 9.47 Å². The summed E-state index contributed by atoms with van der Waals surface area (Å²) in [7, 11) is 3.28. The number of hydrogen-bond donors (Lipinski definition) is 1. The van der Waals surface area contributed by atoms with E-state index in [1.807, 2.05) is 42.5 Å². The maximum Gasteiger partial charge on any atom is 0.160 e. The van der Waals surface area contributed by atoms with E-state index in [1.54, 1.807) is 14.2 Å². The molecule has 0 spiro atoms. The molecule has 150 valence electrons. The summed E-state index contributed by atoms with van der Waals surface area (Å²) < 4.78 is 10.7. The van der Waals surface area contributed by atoms with Crippen molar-refractivity contribution in [2.75, 3.05) is 20.8 Å². The normalized spacial score (nSPS) is 12.4. The van der Waals surface area contributed by atoms with Gasteiger partial charge in [0.1, 0.15) is 5.84 Å². The van der Waals surface area contributed by atoms with E-state index in [0.717, 1.165) is 29.9 Å². The molecule has 0 aliphatic rings. The number of nitrogens with zero attached hydrogens (tertiary/aromatic N) is 1. The van der Waals surface area contributed by atoms with Gasteiger partial charge in [-0.2, -0.15) is 0 Å². The first-order valence-electron chi connectivity index (χ1n) is 9.81. The van der Waals surface area contributed by atoms with Gasteiger partial charge in [-0.3, -0.25) is 4.99 Å². The molecule has 1 atom stereocenters. The third-order valence-corrected chi connectivity index (χ3v) is 4.98. The smallest absolute Gasteiger partial charge is 0.160 e. The van der Waals surface area contributed by atoms with Crippen LogP contribution in [0.3, 0.4) is 0 Å². The van der Waals surface area contributed by atoms with Gasteiger partial charge in [0.05, 0.1) is 14.2 Å². The molecule has 29 heavy (non-hydrogen) atoms. The minimum absolute atomic E-state index is 0.0593. The van der Waals surface area contributed by atoms with E-state index in [4.69, 9.17) is 20.2 Å². The third-order valence-electron chi connectivity index (χ3n) is 4.98. The number of benzene rings is 3. The fourth-order valence-corrected chi connectivity index (χ4v) is 3.39. The average molecular weight is 389 g/mol. The predicted octanol–water partition coefficient (Wildman–Crippen LogP) is 4.63. The van der Waals surface area contributed by atoms with Crippen LogP contribution < -0.4 is 15.2 Å². The van der Waals surface area contributed by atoms with Gasteiger partial charge < -0.3 is 15.2 Å². The van der Waals surface area contributed by atoms with E-state index in [0.29, 0.717) is 12.4 Å². The van der Waals surface area contributed by atoms with E-state index in [9.17, 15) is 0 Å². The molecule has 0 bridgehead atoms. The Morgan fingerprint density at radius 3 is 2.14 bits per heavy atom. The summed E-state index contributed by atoms with van der Waals surface area (Å²) in [6, 6.07) is 26.7. The van der Waals surface area contributed by atoms with E-state index in [-0.39, 0.29) is 5.92 Å². The minimum Gasteiger partial charge on any atom is -0.493 e. The van der Waals surface area contributed by atoms with Crippen LogP contribution in [0.2, 0.25) is 0 Å². The first-order valence-corrected chi connectivity index (χ1v) is 9.81. The molecule has 3 aromatic carbocycles. The van der Waals surface area contributed by atoms with Gasteiger partial charge in [-0.25, -0.2) is 0 Å². The zero-order chi connectivity index (χ0) is 20.5. The first-order chi connectivity index (χ1) is 14.2. The van der Waals surface area contributed by atoms with Gasteiger partial charge in [0.25, 0.3) is 0 Å². The lowest BCUT2D eigenvalue weighted by Gasteiger charge is -2.17. The zero-order valence-corrected chi connectivity index (χ0v) is 17.0. The summed E-state index contributed by atoms with van der Waals surface area (Å²) in [6.07, 6.45) is 1.62. The van der Waals surface area contributed by atoms with Crippen LogP contribution in [0.15, 0.2) is 83.9 Å². The van der Waals surface area contributed by atoms with Crippen molar-refractivity contribution in [3.05, 3.63) is 95.6 Å². The average Bonchev–Trinajstić information content (AvgIpc) is 2.78. The highest BCUT2D eigenvalue weighted by Gasteiger charge is 2.16. The van der Waals surface area contributed by atoms with Crippen molar-refractivity contribution in [2.24, 2.45) is 10.7 Å². The molecule has 0 aromatic heterocycles. The summed E-state index contributed by atoms with van der Waals surface area (Å²) >= 11 is 0. The molecule has 4 heteroatoms. The molecule has 0 saturated carbocycles.